The summed E-state index contributed by atoms with van der Waals surface area (Å²) in [6.07, 6.45) is 0. The summed E-state index contributed by atoms with van der Waals surface area (Å²) >= 11 is 9.31. The van der Waals surface area contributed by atoms with Gasteiger partial charge in [0, 0.05) is 17.5 Å². The molecule has 16 heavy (non-hydrogen) atoms. The summed E-state index contributed by atoms with van der Waals surface area (Å²) in [5, 5.41) is 9.27. The second-order valence-corrected chi connectivity index (χ2v) is 6.96. The van der Waals surface area contributed by atoms with E-state index in [4.69, 9.17) is 22.4 Å². The lowest BCUT2D eigenvalue weighted by Gasteiger charge is -2.20. The van der Waals surface area contributed by atoms with Gasteiger partial charge >= 0.3 is 0 Å². The molecule has 0 aliphatic carbocycles. The van der Waals surface area contributed by atoms with E-state index in [1.54, 1.807) is 23.1 Å². The minimum atomic E-state index is 0.0885. The predicted octanol–water partition coefficient (Wildman–Crippen LogP) is 3.15. The lowest BCUT2D eigenvalue weighted by Crippen LogP contribution is -2.23. The van der Waals surface area contributed by atoms with Crippen molar-refractivity contribution in [3.05, 3.63) is 21.3 Å². The van der Waals surface area contributed by atoms with Gasteiger partial charge in [0.2, 0.25) is 0 Å². The number of thiophene rings is 1. The van der Waals surface area contributed by atoms with E-state index < -0.39 is 0 Å². The maximum Gasteiger partial charge on any atom is 0.0931 e. The molecule has 0 aliphatic rings. The first-order chi connectivity index (χ1) is 7.54. The Kier molecular flexibility index (Phi) is 6.15. The largest absolute Gasteiger partial charge is 0.396 e. The summed E-state index contributed by atoms with van der Waals surface area (Å²) < 4.78 is 0.802. The highest BCUT2D eigenvalue weighted by Crippen LogP contribution is 2.37. The topological polar surface area (TPSA) is 46.2 Å². The maximum absolute atomic E-state index is 9.00. The van der Waals surface area contributed by atoms with Crippen LogP contribution in [0.2, 0.25) is 4.34 Å². The Balaban J connectivity index is 2.61. The maximum atomic E-state index is 9.00. The van der Waals surface area contributed by atoms with Crippen molar-refractivity contribution in [1.82, 2.24) is 0 Å². The van der Waals surface area contributed by atoms with E-state index in [-0.39, 0.29) is 17.9 Å². The Hall–Kier alpha value is 0.260. The molecule has 0 amide bonds. The molecule has 3 atom stereocenters. The third-order valence-electron chi connectivity index (χ3n) is 2.22. The molecule has 1 aromatic heterocycles. The van der Waals surface area contributed by atoms with Crippen molar-refractivity contribution in [2.75, 3.05) is 12.4 Å². The van der Waals surface area contributed by atoms with Gasteiger partial charge in [-0.05, 0) is 30.7 Å². The average molecular weight is 280 g/mol. The van der Waals surface area contributed by atoms with E-state index in [0.29, 0.717) is 5.92 Å². The number of hydrogen-bond acceptors (Lipinski definition) is 4. The molecule has 3 N–H and O–H groups in total. The quantitative estimate of drug-likeness (QED) is 0.841. The number of halogens is 1. The molecular formula is C11H18ClNOS2. The minimum Gasteiger partial charge on any atom is -0.396 e. The Bertz CT molecular complexity index is 317. The summed E-state index contributed by atoms with van der Waals surface area (Å²) in [7, 11) is 0. The normalized spacial score (nSPS) is 17.1. The van der Waals surface area contributed by atoms with Crippen LogP contribution in [-0.4, -0.2) is 23.5 Å². The van der Waals surface area contributed by atoms with E-state index >= 15 is 0 Å². The molecule has 0 fully saturated rings. The number of aliphatic hydroxyl groups is 1. The van der Waals surface area contributed by atoms with E-state index in [1.807, 2.05) is 26.0 Å². The third-order valence-corrected chi connectivity index (χ3v) is 5.49. The third kappa shape index (κ3) is 4.26. The molecule has 0 spiro atoms. The molecule has 0 saturated carbocycles. The zero-order valence-corrected chi connectivity index (χ0v) is 11.9. The van der Waals surface area contributed by atoms with Gasteiger partial charge in [-0.3, -0.25) is 0 Å². The molecule has 0 bridgehead atoms. The molecule has 2 nitrogen and oxygen atoms in total. The van der Waals surface area contributed by atoms with Crippen LogP contribution in [0.1, 0.15) is 24.0 Å². The standard InChI is InChI=1S/C11H18ClNOS2/c1-7(5-14)6-15-11(8(2)13)9-3-4-10(12)16-9/h3-4,7-8,11,14H,5-6,13H2,1-2H3. The van der Waals surface area contributed by atoms with Crippen LogP contribution < -0.4 is 5.73 Å². The highest BCUT2D eigenvalue weighted by molar-refractivity contribution is 7.99. The van der Waals surface area contributed by atoms with Crippen LogP contribution in [0.15, 0.2) is 12.1 Å². The monoisotopic (exact) mass is 279 g/mol. The fourth-order valence-corrected chi connectivity index (χ4v) is 3.99. The summed E-state index contributed by atoms with van der Waals surface area (Å²) in [5.74, 6) is 1.22. The van der Waals surface area contributed by atoms with Gasteiger partial charge in [0.05, 0.1) is 9.59 Å². The van der Waals surface area contributed by atoms with E-state index in [0.717, 1.165) is 10.1 Å². The van der Waals surface area contributed by atoms with Crippen LogP contribution >= 0.6 is 34.7 Å². The van der Waals surface area contributed by atoms with Crippen molar-refractivity contribution >= 4 is 34.7 Å². The molecule has 1 heterocycles. The number of hydrogen-bond donors (Lipinski definition) is 2. The first-order valence-corrected chi connectivity index (χ1v) is 7.52. The molecule has 92 valence electrons. The highest BCUT2D eigenvalue weighted by atomic mass is 35.5. The van der Waals surface area contributed by atoms with Crippen molar-refractivity contribution in [3.8, 4) is 0 Å². The van der Waals surface area contributed by atoms with Crippen LogP contribution in [0.5, 0.6) is 0 Å². The average Bonchev–Trinajstić information content (AvgIpc) is 2.64. The summed E-state index contributed by atoms with van der Waals surface area (Å²) in [4.78, 5) is 1.22. The van der Waals surface area contributed by atoms with Crippen LogP contribution in [0, 0.1) is 5.92 Å². The van der Waals surface area contributed by atoms with Crippen molar-refractivity contribution in [2.45, 2.75) is 25.1 Å². The molecule has 0 aromatic carbocycles. The number of rotatable bonds is 6. The van der Waals surface area contributed by atoms with Gasteiger partial charge in [0.15, 0.2) is 0 Å². The number of nitrogens with two attached hydrogens (primary N) is 1. The first-order valence-electron chi connectivity index (χ1n) is 5.28. The highest BCUT2D eigenvalue weighted by Gasteiger charge is 2.19. The molecule has 0 saturated heterocycles. The van der Waals surface area contributed by atoms with Crippen LogP contribution in [0.25, 0.3) is 0 Å². The van der Waals surface area contributed by atoms with Crippen molar-refractivity contribution in [3.63, 3.8) is 0 Å². The molecule has 3 unspecified atom stereocenters. The van der Waals surface area contributed by atoms with Gasteiger partial charge in [0.25, 0.3) is 0 Å². The first kappa shape index (κ1) is 14.3. The van der Waals surface area contributed by atoms with Crippen LogP contribution in [0.4, 0.5) is 0 Å². The number of aliphatic hydroxyl groups excluding tert-OH is 1. The van der Waals surface area contributed by atoms with E-state index in [1.165, 1.54) is 4.88 Å². The smallest absolute Gasteiger partial charge is 0.0931 e. The molecule has 1 aromatic rings. The lowest BCUT2D eigenvalue weighted by atomic mass is 10.2. The Morgan fingerprint density at radius 2 is 2.19 bits per heavy atom. The summed E-state index contributed by atoms with van der Waals surface area (Å²) in [6.45, 7) is 4.27. The van der Waals surface area contributed by atoms with Gasteiger partial charge in [-0.25, -0.2) is 0 Å². The van der Waals surface area contributed by atoms with Gasteiger partial charge < -0.3 is 10.8 Å². The molecule has 0 aliphatic heterocycles. The van der Waals surface area contributed by atoms with E-state index in [2.05, 4.69) is 0 Å². The van der Waals surface area contributed by atoms with Gasteiger partial charge in [-0.2, -0.15) is 11.8 Å². The van der Waals surface area contributed by atoms with Crippen molar-refractivity contribution in [2.24, 2.45) is 11.7 Å². The van der Waals surface area contributed by atoms with Crippen molar-refractivity contribution < 1.29 is 5.11 Å². The fraction of sp³-hybridized carbons (Fsp3) is 0.636. The minimum absolute atomic E-state index is 0.0885. The predicted molar refractivity (Wildman–Crippen MR) is 74.4 cm³/mol. The zero-order chi connectivity index (χ0) is 12.1. The SMILES string of the molecule is CC(CO)CSC(c1ccc(Cl)s1)C(C)N. The molecule has 0 radical (unpaired) electrons. The Morgan fingerprint density at radius 1 is 1.50 bits per heavy atom. The second-order valence-electron chi connectivity index (χ2n) is 4.04. The molecule has 5 heteroatoms. The number of thioether (sulfide) groups is 1. The Morgan fingerprint density at radius 3 is 2.62 bits per heavy atom. The lowest BCUT2D eigenvalue weighted by molar-refractivity contribution is 0.250. The summed E-state index contributed by atoms with van der Waals surface area (Å²) in [5.41, 5.74) is 5.99. The van der Waals surface area contributed by atoms with Crippen molar-refractivity contribution in [1.29, 1.82) is 0 Å². The summed E-state index contributed by atoms with van der Waals surface area (Å²) in [6, 6.07) is 4.04. The fourth-order valence-electron chi connectivity index (χ4n) is 1.29. The van der Waals surface area contributed by atoms with Gasteiger partial charge in [-0.1, -0.05) is 18.5 Å². The van der Waals surface area contributed by atoms with Gasteiger partial charge in [0.1, 0.15) is 0 Å². The Labute approximate surface area is 110 Å². The van der Waals surface area contributed by atoms with Crippen LogP contribution in [0.3, 0.4) is 0 Å². The van der Waals surface area contributed by atoms with Gasteiger partial charge in [-0.15, -0.1) is 11.3 Å². The molecular weight excluding hydrogens is 262 g/mol. The van der Waals surface area contributed by atoms with E-state index in [9.17, 15) is 0 Å². The molecule has 1 rings (SSSR count). The zero-order valence-electron chi connectivity index (χ0n) is 9.52. The van der Waals surface area contributed by atoms with Crippen LogP contribution in [-0.2, 0) is 0 Å². The second kappa shape index (κ2) is 6.87.